The molecule has 0 aromatic rings. The number of carbonyl (C=O) groups excluding carboxylic acids is 1. The van der Waals surface area contributed by atoms with E-state index in [1.165, 1.54) is 11.5 Å². The van der Waals surface area contributed by atoms with Gasteiger partial charge < -0.3 is 15.7 Å². The van der Waals surface area contributed by atoms with Crippen LogP contribution >= 0.6 is 11.8 Å². The normalized spacial score (nSPS) is 30.9. The Hall–Kier alpha value is -0.910. The zero-order chi connectivity index (χ0) is 14.6. The highest BCUT2D eigenvalue weighted by atomic mass is 32.2. The lowest BCUT2D eigenvalue weighted by Gasteiger charge is -2.28. The van der Waals surface area contributed by atoms with Crippen LogP contribution in [-0.2, 0) is 4.79 Å². The maximum Gasteiger partial charge on any atom is 0.315 e. The summed E-state index contributed by atoms with van der Waals surface area (Å²) in [5.41, 5.74) is -0.821. The fourth-order valence-electron chi connectivity index (χ4n) is 3.05. The van der Waals surface area contributed by atoms with Crippen LogP contribution in [0.3, 0.4) is 0 Å². The summed E-state index contributed by atoms with van der Waals surface area (Å²) in [5.74, 6) is 2.10. The summed E-state index contributed by atoms with van der Waals surface area (Å²) in [6.45, 7) is 2.43. The molecule has 114 valence electrons. The van der Waals surface area contributed by atoms with Crippen molar-refractivity contribution in [1.29, 1.82) is 0 Å². The van der Waals surface area contributed by atoms with Gasteiger partial charge in [0, 0.05) is 12.6 Å². The average molecular weight is 300 g/mol. The molecule has 0 aromatic carbocycles. The van der Waals surface area contributed by atoms with E-state index in [-0.39, 0.29) is 12.1 Å². The number of nitrogens with one attached hydrogen (secondary N) is 2. The van der Waals surface area contributed by atoms with Crippen LogP contribution < -0.4 is 10.6 Å². The Morgan fingerprint density at radius 1 is 1.30 bits per heavy atom. The highest BCUT2D eigenvalue weighted by Crippen LogP contribution is 2.38. The molecule has 2 aliphatic rings. The predicted octanol–water partition coefficient (Wildman–Crippen LogP) is 2.07. The molecule has 1 aliphatic heterocycles. The minimum Gasteiger partial charge on any atom is -0.481 e. The van der Waals surface area contributed by atoms with Crippen molar-refractivity contribution in [3.8, 4) is 0 Å². The molecule has 2 rings (SSSR count). The van der Waals surface area contributed by atoms with Crippen LogP contribution in [0.2, 0.25) is 0 Å². The molecule has 1 saturated carbocycles. The van der Waals surface area contributed by atoms with Crippen molar-refractivity contribution in [3.05, 3.63) is 0 Å². The van der Waals surface area contributed by atoms with Gasteiger partial charge in [-0.05, 0) is 50.0 Å². The van der Waals surface area contributed by atoms with Crippen LogP contribution in [0.1, 0.15) is 39.0 Å². The lowest BCUT2D eigenvalue weighted by Crippen LogP contribution is -2.50. The third-order valence-electron chi connectivity index (χ3n) is 4.64. The second-order valence-electron chi connectivity index (χ2n) is 6.08. The number of rotatable bonds is 4. The number of carboxylic acids is 1. The molecule has 0 radical (unpaired) electrons. The quantitative estimate of drug-likeness (QED) is 0.742. The van der Waals surface area contributed by atoms with E-state index in [2.05, 4.69) is 10.6 Å². The van der Waals surface area contributed by atoms with Gasteiger partial charge in [0.25, 0.3) is 0 Å². The van der Waals surface area contributed by atoms with E-state index in [0.717, 1.165) is 25.7 Å². The zero-order valence-electron chi connectivity index (χ0n) is 12.0. The first-order chi connectivity index (χ1) is 9.52. The molecule has 3 N–H and O–H groups in total. The van der Waals surface area contributed by atoms with Crippen molar-refractivity contribution in [2.45, 2.75) is 45.1 Å². The topological polar surface area (TPSA) is 78.4 Å². The molecular formula is C14H24N2O3S. The van der Waals surface area contributed by atoms with E-state index >= 15 is 0 Å². The lowest BCUT2D eigenvalue weighted by atomic mass is 9.85. The number of aliphatic carboxylic acids is 1. The Morgan fingerprint density at radius 3 is 2.65 bits per heavy atom. The van der Waals surface area contributed by atoms with Crippen LogP contribution in [0, 0.1) is 11.3 Å². The van der Waals surface area contributed by atoms with Crippen LogP contribution in [0.25, 0.3) is 0 Å². The molecule has 2 amide bonds. The summed E-state index contributed by atoms with van der Waals surface area (Å²) in [6, 6.07) is -0.482. The molecule has 6 heteroatoms. The number of hydrogen-bond acceptors (Lipinski definition) is 3. The minimum absolute atomic E-state index is 0.220. The Bertz CT molecular complexity index is 371. The summed E-state index contributed by atoms with van der Waals surface area (Å²) < 4.78 is 0. The van der Waals surface area contributed by atoms with E-state index in [9.17, 15) is 14.7 Å². The number of amides is 2. The molecule has 1 heterocycles. The number of carbonyl (C=O) groups is 2. The standard InChI is InChI=1S/C14H24N2O3S/c1-14(12(17)18)6-2-3-11(14)16-13(19)15-9-10-4-7-20-8-5-10/h10-11H,2-9H2,1H3,(H,17,18)(H2,15,16,19). The van der Waals surface area contributed by atoms with E-state index in [0.29, 0.717) is 18.9 Å². The van der Waals surface area contributed by atoms with Gasteiger partial charge in [-0.25, -0.2) is 4.79 Å². The summed E-state index contributed by atoms with van der Waals surface area (Å²) in [5, 5.41) is 15.1. The van der Waals surface area contributed by atoms with Crippen LogP contribution in [0.4, 0.5) is 4.79 Å². The van der Waals surface area contributed by atoms with E-state index in [4.69, 9.17) is 0 Å². The third kappa shape index (κ3) is 3.59. The molecule has 0 spiro atoms. The second-order valence-corrected chi connectivity index (χ2v) is 7.30. The number of urea groups is 1. The van der Waals surface area contributed by atoms with Crippen molar-refractivity contribution in [3.63, 3.8) is 0 Å². The predicted molar refractivity (Wildman–Crippen MR) is 80.0 cm³/mol. The van der Waals surface area contributed by atoms with Crippen molar-refractivity contribution in [2.24, 2.45) is 11.3 Å². The Labute approximate surface area is 124 Å². The molecule has 2 atom stereocenters. The summed E-state index contributed by atoms with van der Waals surface area (Å²) in [6.07, 6.45) is 4.54. The van der Waals surface area contributed by atoms with Crippen LogP contribution in [-0.4, -0.2) is 41.2 Å². The first-order valence-electron chi connectivity index (χ1n) is 7.38. The Morgan fingerprint density at radius 2 is 2.00 bits per heavy atom. The number of thioether (sulfide) groups is 1. The van der Waals surface area contributed by atoms with E-state index in [1.54, 1.807) is 6.92 Å². The Balaban J connectivity index is 1.77. The van der Waals surface area contributed by atoms with Crippen molar-refractivity contribution < 1.29 is 14.7 Å². The van der Waals surface area contributed by atoms with Gasteiger partial charge in [-0.1, -0.05) is 6.42 Å². The summed E-state index contributed by atoms with van der Waals surface area (Å²) in [4.78, 5) is 23.3. The van der Waals surface area contributed by atoms with Crippen molar-refractivity contribution >= 4 is 23.8 Å². The average Bonchev–Trinajstić information content (AvgIpc) is 2.80. The van der Waals surface area contributed by atoms with Crippen LogP contribution in [0.5, 0.6) is 0 Å². The molecule has 2 unspecified atom stereocenters. The van der Waals surface area contributed by atoms with Gasteiger partial charge >= 0.3 is 12.0 Å². The highest BCUT2D eigenvalue weighted by molar-refractivity contribution is 7.99. The van der Waals surface area contributed by atoms with Gasteiger partial charge in [0.1, 0.15) is 0 Å². The van der Waals surface area contributed by atoms with Crippen molar-refractivity contribution in [2.75, 3.05) is 18.1 Å². The summed E-state index contributed by atoms with van der Waals surface area (Å²) >= 11 is 1.97. The molecule has 20 heavy (non-hydrogen) atoms. The van der Waals surface area contributed by atoms with E-state index in [1.807, 2.05) is 11.8 Å². The largest absolute Gasteiger partial charge is 0.481 e. The molecule has 1 saturated heterocycles. The molecule has 0 bridgehead atoms. The molecule has 0 aromatic heterocycles. The zero-order valence-corrected chi connectivity index (χ0v) is 12.8. The van der Waals surface area contributed by atoms with Gasteiger partial charge in [0.05, 0.1) is 5.41 Å². The minimum atomic E-state index is -0.821. The maximum absolute atomic E-state index is 11.9. The smallest absolute Gasteiger partial charge is 0.315 e. The summed E-state index contributed by atoms with van der Waals surface area (Å²) in [7, 11) is 0. The van der Waals surface area contributed by atoms with Gasteiger partial charge in [-0.15, -0.1) is 0 Å². The van der Waals surface area contributed by atoms with Gasteiger partial charge in [0.2, 0.25) is 0 Å². The number of carboxylic acid groups (broad SMARTS) is 1. The van der Waals surface area contributed by atoms with Gasteiger partial charge in [-0.3, -0.25) is 4.79 Å². The monoisotopic (exact) mass is 300 g/mol. The van der Waals surface area contributed by atoms with Gasteiger partial charge in [0.15, 0.2) is 0 Å². The third-order valence-corrected chi connectivity index (χ3v) is 5.69. The highest BCUT2D eigenvalue weighted by Gasteiger charge is 2.45. The fourth-order valence-corrected chi connectivity index (χ4v) is 4.25. The van der Waals surface area contributed by atoms with Crippen LogP contribution in [0.15, 0.2) is 0 Å². The SMILES string of the molecule is CC1(C(=O)O)CCCC1NC(=O)NCC1CCSCC1. The molecule has 2 fully saturated rings. The number of hydrogen-bond donors (Lipinski definition) is 3. The maximum atomic E-state index is 11.9. The molecule has 1 aliphatic carbocycles. The van der Waals surface area contributed by atoms with Gasteiger partial charge in [-0.2, -0.15) is 11.8 Å². The second kappa shape index (κ2) is 6.70. The van der Waals surface area contributed by atoms with Crippen molar-refractivity contribution in [1.82, 2.24) is 10.6 Å². The Kier molecular flexibility index (Phi) is 5.18. The first kappa shape index (κ1) is 15.5. The lowest BCUT2D eigenvalue weighted by molar-refractivity contribution is -0.148. The first-order valence-corrected chi connectivity index (χ1v) is 8.53. The fraction of sp³-hybridized carbons (Fsp3) is 0.857. The van der Waals surface area contributed by atoms with E-state index < -0.39 is 11.4 Å². The molecular weight excluding hydrogens is 276 g/mol. The molecule has 5 nitrogen and oxygen atoms in total.